The molecular formula is C18H34N2O. The molecule has 0 radical (unpaired) electrons. The van der Waals surface area contributed by atoms with Crippen LogP contribution in [-0.2, 0) is 4.79 Å². The van der Waals surface area contributed by atoms with Gasteiger partial charge in [-0.25, -0.2) is 0 Å². The molecule has 122 valence electrons. The summed E-state index contributed by atoms with van der Waals surface area (Å²) in [4.78, 5) is 14.6. The smallest absolute Gasteiger partial charge is 0.239 e. The van der Waals surface area contributed by atoms with E-state index in [2.05, 4.69) is 24.1 Å². The predicted octanol–water partition coefficient (Wildman–Crippen LogP) is 3.73. The first-order chi connectivity index (χ1) is 10.2. The Labute approximate surface area is 130 Å². The van der Waals surface area contributed by atoms with Crippen LogP contribution in [0.1, 0.15) is 78.1 Å². The number of likely N-dealkylation sites (tertiary alicyclic amines) is 1. The Balaban J connectivity index is 1.76. The summed E-state index contributed by atoms with van der Waals surface area (Å²) in [7, 11) is 0. The highest BCUT2D eigenvalue weighted by Gasteiger charge is 2.25. The van der Waals surface area contributed by atoms with E-state index in [0.29, 0.717) is 11.9 Å². The predicted molar refractivity (Wildman–Crippen MR) is 88.3 cm³/mol. The third-order valence-corrected chi connectivity index (χ3v) is 5.31. The molecule has 0 aromatic rings. The van der Waals surface area contributed by atoms with Crippen LogP contribution in [0.4, 0.5) is 0 Å². The van der Waals surface area contributed by atoms with Crippen LogP contribution in [0, 0.1) is 5.92 Å². The first-order valence-corrected chi connectivity index (χ1v) is 9.25. The van der Waals surface area contributed by atoms with Gasteiger partial charge >= 0.3 is 0 Å². The molecule has 3 atom stereocenters. The van der Waals surface area contributed by atoms with E-state index in [9.17, 15) is 4.79 Å². The number of nitrogens with one attached hydrogen (secondary N) is 1. The largest absolute Gasteiger partial charge is 0.341 e. The van der Waals surface area contributed by atoms with Gasteiger partial charge in [0.2, 0.25) is 5.91 Å². The number of rotatable bonds is 5. The Bertz CT molecular complexity index is 312. The summed E-state index contributed by atoms with van der Waals surface area (Å²) in [6, 6.07) is 0.548. The fourth-order valence-corrected chi connectivity index (χ4v) is 4.06. The minimum absolute atomic E-state index is 0.00387. The lowest BCUT2D eigenvalue weighted by molar-refractivity contribution is -0.134. The van der Waals surface area contributed by atoms with Crippen molar-refractivity contribution in [3.05, 3.63) is 0 Å². The molecule has 1 aliphatic heterocycles. The van der Waals surface area contributed by atoms with E-state index in [1.807, 2.05) is 0 Å². The van der Waals surface area contributed by atoms with Crippen LogP contribution >= 0.6 is 0 Å². The second-order valence-electron chi connectivity index (χ2n) is 7.13. The Morgan fingerprint density at radius 2 is 1.86 bits per heavy atom. The molecule has 0 bridgehead atoms. The van der Waals surface area contributed by atoms with Gasteiger partial charge in [0.25, 0.3) is 0 Å². The number of carbonyl (C=O) groups is 1. The number of nitrogens with zero attached hydrogens (tertiary/aromatic N) is 1. The van der Waals surface area contributed by atoms with Crippen LogP contribution in [0.2, 0.25) is 0 Å². The van der Waals surface area contributed by atoms with E-state index in [4.69, 9.17) is 0 Å². The van der Waals surface area contributed by atoms with Crippen molar-refractivity contribution in [3.63, 3.8) is 0 Å². The van der Waals surface area contributed by atoms with Gasteiger partial charge in [-0.1, -0.05) is 32.6 Å². The van der Waals surface area contributed by atoms with Gasteiger partial charge in [-0.2, -0.15) is 0 Å². The van der Waals surface area contributed by atoms with E-state index in [-0.39, 0.29) is 6.04 Å². The van der Waals surface area contributed by atoms with Crippen molar-refractivity contribution in [3.8, 4) is 0 Å². The van der Waals surface area contributed by atoms with Crippen molar-refractivity contribution >= 4 is 5.91 Å². The van der Waals surface area contributed by atoms with Crippen molar-refractivity contribution in [2.45, 2.75) is 90.1 Å². The molecule has 2 rings (SSSR count). The van der Waals surface area contributed by atoms with Gasteiger partial charge in [0.1, 0.15) is 0 Å². The van der Waals surface area contributed by atoms with Crippen LogP contribution in [-0.4, -0.2) is 36.0 Å². The average Bonchev–Trinajstić information content (AvgIpc) is 2.73. The number of hydrogen-bond acceptors (Lipinski definition) is 2. The molecular weight excluding hydrogens is 260 g/mol. The van der Waals surface area contributed by atoms with Gasteiger partial charge in [-0.05, 0) is 51.4 Å². The summed E-state index contributed by atoms with van der Waals surface area (Å²) in [6.45, 7) is 6.29. The van der Waals surface area contributed by atoms with Gasteiger partial charge < -0.3 is 10.2 Å². The number of carbonyl (C=O) groups excluding carboxylic acids is 1. The zero-order chi connectivity index (χ0) is 15.1. The third-order valence-electron chi connectivity index (χ3n) is 5.31. The zero-order valence-corrected chi connectivity index (χ0v) is 14.1. The number of hydrogen-bond donors (Lipinski definition) is 1. The lowest BCUT2D eigenvalue weighted by Gasteiger charge is -2.31. The summed E-state index contributed by atoms with van der Waals surface area (Å²) < 4.78 is 0. The van der Waals surface area contributed by atoms with Crippen LogP contribution < -0.4 is 5.32 Å². The molecule has 1 saturated heterocycles. The zero-order valence-electron chi connectivity index (χ0n) is 14.1. The molecule has 1 amide bonds. The molecule has 1 aliphatic carbocycles. The third kappa shape index (κ3) is 5.28. The molecule has 1 saturated carbocycles. The van der Waals surface area contributed by atoms with Crippen molar-refractivity contribution in [2.75, 3.05) is 13.1 Å². The van der Waals surface area contributed by atoms with E-state index in [1.165, 1.54) is 64.2 Å². The summed E-state index contributed by atoms with van der Waals surface area (Å²) in [6.07, 6.45) is 12.9. The monoisotopic (exact) mass is 294 g/mol. The highest BCUT2D eigenvalue weighted by Crippen LogP contribution is 2.27. The van der Waals surface area contributed by atoms with Crippen molar-refractivity contribution in [1.29, 1.82) is 0 Å². The lowest BCUT2D eigenvalue weighted by Crippen LogP contribution is -2.49. The van der Waals surface area contributed by atoms with Crippen molar-refractivity contribution in [1.82, 2.24) is 10.2 Å². The normalized spacial score (nSPS) is 29.0. The Hall–Kier alpha value is -0.570. The van der Waals surface area contributed by atoms with Gasteiger partial charge in [-0.3, -0.25) is 4.79 Å². The second-order valence-corrected chi connectivity index (χ2v) is 7.13. The molecule has 3 heteroatoms. The quantitative estimate of drug-likeness (QED) is 0.784. The topological polar surface area (TPSA) is 32.3 Å². The Morgan fingerprint density at radius 1 is 1.10 bits per heavy atom. The minimum Gasteiger partial charge on any atom is -0.341 e. The Kier molecular flexibility index (Phi) is 7.01. The molecule has 0 spiro atoms. The maximum absolute atomic E-state index is 12.5. The van der Waals surface area contributed by atoms with Gasteiger partial charge in [0, 0.05) is 19.1 Å². The van der Waals surface area contributed by atoms with Crippen molar-refractivity contribution < 1.29 is 4.79 Å². The number of amides is 1. The number of piperidine rings is 1. The van der Waals surface area contributed by atoms with Gasteiger partial charge in [0.05, 0.1) is 6.04 Å². The van der Waals surface area contributed by atoms with E-state index in [0.717, 1.165) is 19.0 Å². The average molecular weight is 294 g/mol. The summed E-state index contributed by atoms with van der Waals surface area (Å²) in [5, 5.41) is 3.63. The molecule has 0 aromatic heterocycles. The standard InChI is InChI=1S/C18H34N2O/c1-3-8-16-9-7-10-17(12-11-16)19-15(2)18(21)20-13-5-4-6-14-20/h15-17,19H,3-14H2,1-2H3. The molecule has 2 aliphatic rings. The fourth-order valence-electron chi connectivity index (χ4n) is 4.06. The maximum atomic E-state index is 12.5. The van der Waals surface area contributed by atoms with Crippen LogP contribution in [0.15, 0.2) is 0 Å². The lowest BCUT2D eigenvalue weighted by atomic mass is 9.95. The summed E-state index contributed by atoms with van der Waals surface area (Å²) >= 11 is 0. The fraction of sp³-hybridized carbons (Fsp3) is 0.944. The molecule has 2 fully saturated rings. The molecule has 3 unspecified atom stereocenters. The highest BCUT2D eigenvalue weighted by atomic mass is 16.2. The molecule has 1 N–H and O–H groups in total. The van der Waals surface area contributed by atoms with Gasteiger partial charge in [-0.15, -0.1) is 0 Å². The van der Waals surface area contributed by atoms with E-state index in [1.54, 1.807) is 0 Å². The molecule has 1 heterocycles. The first kappa shape index (κ1) is 16.8. The van der Waals surface area contributed by atoms with Gasteiger partial charge in [0.15, 0.2) is 0 Å². The van der Waals surface area contributed by atoms with Crippen molar-refractivity contribution in [2.24, 2.45) is 5.92 Å². The molecule has 3 nitrogen and oxygen atoms in total. The van der Waals surface area contributed by atoms with Crippen LogP contribution in [0.25, 0.3) is 0 Å². The molecule has 0 aromatic carbocycles. The summed E-state index contributed by atoms with van der Waals surface area (Å²) in [5.74, 6) is 1.25. The maximum Gasteiger partial charge on any atom is 0.239 e. The first-order valence-electron chi connectivity index (χ1n) is 9.25. The van der Waals surface area contributed by atoms with E-state index >= 15 is 0 Å². The van der Waals surface area contributed by atoms with Crippen LogP contribution in [0.3, 0.4) is 0 Å². The highest BCUT2D eigenvalue weighted by molar-refractivity contribution is 5.81. The SMILES string of the molecule is CCCC1CCCC(NC(C)C(=O)N2CCCCC2)CC1. The second kappa shape index (κ2) is 8.77. The molecule has 21 heavy (non-hydrogen) atoms. The van der Waals surface area contributed by atoms with E-state index < -0.39 is 0 Å². The summed E-state index contributed by atoms with van der Waals surface area (Å²) in [5.41, 5.74) is 0. The van der Waals surface area contributed by atoms with Crippen LogP contribution in [0.5, 0.6) is 0 Å². The Morgan fingerprint density at radius 3 is 2.57 bits per heavy atom. The minimum atomic E-state index is -0.00387.